The van der Waals surface area contributed by atoms with Gasteiger partial charge >= 0.3 is 0 Å². The van der Waals surface area contributed by atoms with Gasteiger partial charge in [-0.2, -0.15) is 0 Å². The Kier molecular flexibility index (Phi) is 7.50. The maximum atomic E-state index is 5.96. The molecule has 1 N–H and O–H groups in total. The minimum Gasteiger partial charge on any atom is -0.490 e. The van der Waals surface area contributed by atoms with Crippen molar-refractivity contribution >= 4 is 28.8 Å². The SMILES string of the molecule is CCOc1cc(C(=S)NCc2ccc(C)cc2)ccc1OCc1ccc(Cl)cc1. The summed E-state index contributed by atoms with van der Waals surface area (Å²) in [6, 6.07) is 21.8. The minimum atomic E-state index is 0.437. The molecule has 3 nitrogen and oxygen atoms in total. The number of aryl methyl sites for hydroxylation is 1. The monoisotopic (exact) mass is 425 g/mol. The second-order valence-corrected chi connectivity index (χ2v) is 7.52. The zero-order valence-corrected chi connectivity index (χ0v) is 18.1. The number of hydrogen-bond donors (Lipinski definition) is 1. The van der Waals surface area contributed by atoms with Crippen LogP contribution >= 0.6 is 23.8 Å². The molecule has 0 spiro atoms. The Hall–Kier alpha value is -2.56. The van der Waals surface area contributed by atoms with Gasteiger partial charge in [0, 0.05) is 17.1 Å². The van der Waals surface area contributed by atoms with E-state index in [4.69, 9.17) is 33.3 Å². The number of halogens is 1. The Morgan fingerprint density at radius 1 is 0.897 bits per heavy atom. The molecule has 0 saturated heterocycles. The standard InChI is InChI=1S/C24H24ClNO2S/c1-3-27-23-14-20(24(29)26-15-18-6-4-17(2)5-7-18)10-13-22(23)28-16-19-8-11-21(25)12-9-19/h4-14H,3,15-16H2,1-2H3,(H,26,29). The predicted molar refractivity (Wildman–Crippen MR) is 123 cm³/mol. The lowest BCUT2D eigenvalue weighted by molar-refractivity contribution is 0.269. The summed E-state index contributed by atoms with van der Waals surface area (Å²) in [7, 11) is 0. The average Bonchev–Trinajstić information content (AvgIpc) is 2.73. The van der Waals surface area contributed by atoms with Crippen LogP contribution in [-0.2, 0) is 13.2 Å². The van der Waals surface area contributed by atoms with Crippen molar-refractivity contribution < 1.29 is 9.47 Å². The van der Waals surface area contributed by atoms with Gasteiger partial charge in [-0.3, -0.25) is 0 Å². The highest BCUT2D eigenvalue weighted by molar-refractivity contribution is 7.80. The number of hydrogen-bond acceptors (Lipinski definition) is 3. The van der Waals surface area contributed by atoms with Crippen LogP contribution < -0.4 is 14.8 Å². The molecule has 0 bridgehead atoms. The van der Waals surface area contributed by atoms with E-state index >= 15 is 0 Å². The maximum Gasteiger partial charge on any atom is 0.161 e. The summed E-state index contributed by atoms with van der Waals surface area (Å²) in [5, 5.41) is 4.02. The summed E-state index contributed by atoms with van der Waals surface area (Å²) in [5.74, 6) is 1.37. The summed E-state index contributed by atoms with van der Waals surface area (Å²) in [5.41, 5.74) is 4.36. The average molecular weight is 426 g/mol. The first-order chi connectivity index (χ1) is 14.0. The molecule has 0 heterocycles. The summed E-state index contributed by atoms with van der Waals surface area (Å²) >= 11 is 11.5. The number of thiocarbonyl (C=S) groups is 1. The molecule has 0 amide bonds. The molecule has 0 aliphatic rings. The topological polar surface area (TPSA) is 30.5 Å². The first-order valence-electron chi connectivity index (χ1n) is 9.53. The number of benzene rings is 3. The van der Waals surface area contributed by atoms with Crippen molar-refractivity contribution in [2.45, 2.75) is 27.0 Å². The molecule has 0 aliphatic heterocycles. The number of ether oxygens (including phenoxy) is 2. The van der Waals surface area contributed by atoms with E-state index in [0.29, 0.717) is 41.3 Å². The van der Waals surface area contributed by atoms with Crippen molar-refractivity contribution in [1.29, 1.82) is 0 Å². The molecule has 3 aromatic rings. The Labute approximate surface area is 182 Å². The van der Waals surface area contributed by atoms with Crippen molar-refractivity contribution in [2.24, 2.45) is 0 Å². The van der Waals surface area contributed by atoms with Crippen LogP contribution in [0.4, 0.5) is 0 Å². The van der Waals surface area contributed by atoms with E-state index in [1.165, 1.54) is 11.1 Å². The van der Waals surface area contributed by atoms with Crippen molar-refractivity contribution in [3.05, 3.63) is 94.0 Å². The van der Waals surface area contributed by atoms with Crippen LogP contribution in [0.15, 0.2) is 66.7 Å². The van der Waals surface area contributed by atoms with Crippen molar-refractivity contribution in [3.8, 4) is 11.5 Å². The van der Waals surface area contributed by atoms with E-state index in [-0.39, 0.29) is 0 Å². The smallest absolute Gasteiger partial charge is 0.161 e. The molecule has 29 heavy (non-hydrogen) atoms. The van der Waals surface area contributed by atoms with Crippen molar-refractivity contribution in [1.82, 2.24) is 5.32 Å². The minimum absolute atomic E-state index is 0.437. The largest absolute Gasteiger partial charge is 0.490 e. The second-order valence-electron chi connectivity index (χ2n) is 6.68. The molecular weight excluding hydrogens is 402 g/mol. The van der Waals surface area contributed by atoms with E-state index in [1.807, 2.05) is 49.4 Å². The normalized spacial score (nSPS) is 10.4. The molecule has 0 atom stereocenters. The fourth-order valence-electron chi connectivity index (χ4n) is 2.77. The third-order valence-electron chi connectivity index (χ3n) is 4.39. The van der Waals surface area contributed by atoms with E-state index in [9.17, 15) is 0 Å². The third kappa shape index (κ3) is 6.21. The zero-order chi connectivity index (χ0) is 20.6. The quantitative estimate of drug-likeness (QED) is 0.442. The molecule has 0 aliphatic carbocycles. The molecule has 150 valence electrons. The summed E-state index contributed by atoms with van der Waals surface area (Å²) < 4.78 is 11.7. The lowest BCUT2D eigenvalue weighted by atomic mass is 10.1. The summed E-state index contributed by atoms with van der Waals surface area (Å²) in [6.45, 7) is 5.69. The highest BCUT2D eigenvalue weighted by Gasteiger charge is 2.10. The molecule has 0 aromatic heterocycles. The molecular formula is C24H24ClNO2S. The van der Waals surface area contributed by atoms with Crippen LogP contribution in [0.3, 0.4) is 0 Å². The van der Waals surface area contributed by atoms with Crippen LogP contribution in [0.2, 0.25) is 5.02 Å². The van der Waals surface area contributed by atoms with Gasteiger partial charge < -0.3 is 14.8 Å². The van der Waals surface area contributed by atoms with E-state index in [2.05, 4.69) is 36.5 Å². The molecule has 3 rings (SSSR count). The Morgan fingerprint density at radius 2 is 1.59 bits per heavy atom. The highest BCUT2D eigenvalue weighted by Crippen LogP contribution is 2.29. The maximum absolute atomic E-state index is 5.96. The molecule has 0 radical (unpaired) electrons. The van der Waals surface area contributed by atoms with Crippen LogP contribution in [0.5, 0.6) is 11.5 Å². The lowest BCUT2D eigenvalue weighted by Gasteiger charge is -2.15. The first kappa shape index (κ1) is 21.2. The predicted octanol–water partition coefficient (Wildman–Crippen LogP) is 6.09. The van der Waals surface area contributed by atoms with Crippen LogP contribution in [-0.4, -0.2) is 11.6 Å². The van der Waals surface area contributed by atoms with Gasteiger partial charge in [0.2, 0.25) is 0 Å². The van der Waals surface area contributed by atoms with Crippen molar-refractivity contribution in [3.63, 3.8) is 0 Å². The van der Waals surface area contributed by atoms with Gasteiger partial charge in [0.05, 0.1) is 6.61 Å². The van der Waals surface area contributed by atoms with Gasteiger partial charge in [-0.15, -0.1) is 0 Å². The Bertz CT molecular complexity index is 956. The Morgan fingerprint density at radius 3 is 2.28 bits per heavy atom. The highest BCUT2D eigenvalue weighted by atomic mass is 35.5. The second kappa shape index (κ2) is 10.3. The van der Waals surface area contributed by atoms with E-state index in [1.54, 1.807) is 0 Å². The van der Waals surface area contributed by atoms with Gasteiger partial charge in [0.25, 0.3) is 0 Å². The van der Waals surface area contributed by atoms with Gasteiger partial charge in [0.1, 0.15) is 11.6 Å². The van der Waals surface area contributed by atoms with Gasteiger partial charge in [-0.05, 0) is 55.3 Å². The van der Waals surface area contributed by atoms with Gasteiger partial charge in [-0.25, -0.2) is 0 Å². The molecule has 5 heteroatoms. The summed E-state index contributed by atoms with van der Waals surface area (Å²) in [4.78, 5) is 0.677. The van der Waals surface area contributed by atoms with Crippen LogP contribution in [0.1, 0.15) is 29.2 Å². The van der Waals surface area contributed by atoms with Crippen LogP contribution in [0, 0.1) is 6.92 Å². The van der Waals surface area contributed by atoms with Gasteiger partial charge in [-0.1, -0.05) is 65.8 Å². The summed E-state index contributed by atoms with van der Waals surface area (Å²) in [6.07, 6.45) is 0. The van der Waals surface area contributed by atoms with E-state index in [0.717, 1.165) is 11.1 Å². The van der Waals surface area contributed by atoms with Gasteiger partial charge in [0.15, 0.2) is 11.5 Å². The molecule has 3 aromatic carbocycles. The fraction of sp³-hybridized carbons (Fsp3) is 0.208. The Balaban J connectivity index is 1.66. The fourth-order valence-corrected chi connectivity index (χ4v) is 3.09. The lowest BCUT2D eigenvalue weighted by Crippen LogP contribution is -2.21. The molecule has 0 fully saturated rings. The third-order valence-corrected chi connectivity index (χ3v) is 5.02. The van der Waals surface area contributed by atoms with Crippen molar-refractivity contribution in [2.75, 3.05) is 6.61 Å². The van der Waals surface area contributed by atoms with Crippen LogP contribution in [0.25, 0.3) is 0 Å². The molecule has 0 saturated carbocycles. The zero-order valence-electron chi connectivity index (χ0n) is 16.6. The number of nitrogens with one attached hydrogen (secondary N) is 1. The first-order valence-corrected chi connectivity index (χ1v) is 10.3. The number of rotatable bonds is 8. The van der Waals surface area contributed by atoms with E-state index < -0.39 is 0 Å². The molecule has 0 unspecified atom stereocenters.